The lowest BCUT2D eigenvalue weighted by Crippen LogP contribution is -2.02. The molecular weight excluding hydrogens is 1030 g/mol. The minimum absolute atomic E-state index is 0.00233. The van der Waals surface area contributed by atoms with Crippen LogP contribution in [0.3, 0.4) is 0 Å². The maximum absolute atomic E-state index is 12.4. The van der Waals surface area contributed by atoms with Gasteiger partial charge in [-0.15, -0.1) is 0 Å². The lowest BCUT2D eigenvalue weighted by atomic mass is 10.2. The van der Waals surface area contributed by atoms with Crippen LogP contribution in [-0.4, -0.2) is 46.9 Å². The number of phenols is 4. The first-order valence-corrected chi connectivity index (χ1v) is 28.3. The number of anilines is 4. The van der Waals surface area contributed by atoms with Crippen LogP contribution in [-0.2, 0) is 26.2 Å². The highest BCUT2D eigenvalue weighted by molar-refractivity contribution is 8.01. The first-order chi connectivity index (χ1) is 37.0. The van der Waals surface area contributed by atoms with E-state index in [9.17, 15) is 20.4 Å². The second-order valence-corrected chi connectivity index (χ2v) is 21.7. The molecule has 0 amide bonds. The fraction of sp³-hybridized carbons (Fsp3) is 0.200. The van der Waals surface area contributed by atoms with Crippen LogP contribution in [0.1, 0.15) is 49.9 Å². The van der Waals surface area contributed by atoms with Crippen molar-refractivity contribution in [2.24, 2.45) is 0 Å². The minimum atomic E-state index is -0.00233. The van der Waals surface area contributed by atoms with Gasteiger partial charge in [0.05, 0.1) is 65.6 Å². The van der Waals surface area contributed by atoms with Crippen LogP contribution in [0, 0.1) is 0 Å². The average molecular weight is 1090 g/mol. The predicted molar refractivity (Wildman–Crippen MR) is 309 cm³/mol. The van der Waals surface area contributed by atoms with E-state index in [-0.39, 0.29) is 23.0 Å². The van der Waals surface area contributed by atoms with Crippen molar-refractivity contribution >= 4 is 69.8 Å². The minimum Gasteiger partial charge on any atom is -0.506 e. The molecule has 0 unspecified atom stereocenters. The van der Waals surface area contributed by atoms with Crippen LogP contribution in [0.25, 0.3) is 0 Å². The first kappa shape index (κ1) is 53.6. The van der Waals surface area contributed by atoms with Gasteiger partial charge in [-0.1, -0.05) is 47.0 Å². The molecule has 0 saturated heterocycles. The zero-order valence-corrected chi connectivity index (χ0v) is 45.8. The van der Waals surface area contributed by atoms with Crippen LogP contribution >= 0.6 is 47.0 Å². The van der Waals surface area contributed by atoms with E-state index in [1.807, 2.05) is 173 Å². The Bertz CT molecular complexity index is 2730. The molecule has 1 aliphatic heterocycles. The number of ether oxygens (including phenoxy) is 4. The van der Waals surface area contributed by atoms with Gasteiger partial charge in [0.15, 0.2) is 0 Å². The lowest BCUT2D eigenvalue weighted by molar-refractivity contribution is 0.340. The Balaban J connectivity index is 1.15. The van der Waals surface area contributed by atoms with Crippen molar-refractivity contribution in [3.63, 3.8) is 0 Å². The van der Waals surface area contributed by atoms with Crippen molar-refractivity contribution in [1.82, 2.24) is 0 Å². The average Bonchev–Trinajstić information content (AvgIpc) is 3.42. The van der Waals surface area contributed by atoms with Gasteiger partial charge in [-0.05, 0) is 196 Å². The van der Waals surface area contributed by atoms with E-state index in [1.165, 1.54) is 47.0 Å². The summed E-state index contributed by atoms with van der Waals surface area (Å²) in [7, 11) is 0. The molecule has 0 aromatic heterocycles. The van der Waals surface area contributed by atoms with Crippen LogP contribution in [0.5, 0.6) is 46.0 Å². The topological polar surface area (TPSA) is 166 Å². The van der Waals surface area contributed by atoms with Crippen molar-refractivity contribution in [3.8, 4) is 46.0 Å². The highest BCUT2D eigenvalue weighted by Crippen LogP contribution is 2.54. The second-order valence-electron chi connectivity index (χ2n) is 17.4. The molecule has 0 aliphatic carbocycles. The summed E-state index contributed by atoms with van der Waals surface area (Å²) in [6, 6.07) is 46.4. The maximum atomic E-state index is 12.4. The van der Waals surface area contributed by atoms with E-state index in [1.54, 1.807) is 0 Å². The molecule has 8 N–H and O–H groups in total. The molecule has 392 valence electrons. The number of nitrogens with one attached hydrogen (secondary N) is 4. The Labute approximate surface area is 461 Å². The Morgan fingerprint density at radius 1 is 0.289 bits per heavy atom. The van der Waals surface area contributed by atoms with Gasteiger partial charge < -0.3 is 60.6 Å². The molecular formula is C60H60N4O8S4. The van der Waals surface area contributed by atoms with Crippen molar-refractivity contribution in [2.75, 3.05) is 47.7 Å². The summed E-state index contributed by atoms with van der Waals surface area (Å²) in [5.74, 6) is 3.10. The van der Waals surface area contributed by atoms with E-state index in [0.717, 1.165) is 68.0 Å². The number of rotatable bonds is 20. The molecule has 16 heteroatoms. The summed E-state index contributed by atoms with van der Waals surface area (Å²) in [5, 5.41) is 63.5. The van der Waals surface area contributed by atoms with Gasteiger partial charge in [-0.3, -0.25) is 0 Å². The van der Waals surface area contributed by atoms with Gasteiger partial charge >= 0.3 is 0 Å². The molecule has 0 fully saturated rings. The van der Waals surface area contributed by atoms with E-state index in [4.69, 9.17) is 18.9 Å². The molecule has 9 rings (SSSR count). The van der Waals surface area contributed by atoms with Gasteiger partial charge in [0.1, 0.15) is 46.0 Å². The third-order valence-corrected chi connectivity index (χ3v) is 16.2. The summed E-state index contributed by atoms with van der Waals surface area (Å²) in [4.78, 5) is 3.99. The van der Waals surface area contributed by atoms with Gasteiger partial charge in [-0.2, -0.15) is 0 Å². The molecule has 1 aliphatic rings. The second kappa shape index (κ2) is 25.5. The standard InChI is InChI=1S/C60H60N4O8S4/c1-5-69-45-17-9-41(10-18-45)61-33-37-25-49-57(65)50(26-37)74-52-28-39(35-63-43-13-21-47(22-14-43)71-7-3)30-54(59(52)67)76-56-32-40(36-64-44-15-23-48(24-16-44)72-8-4)31-55(60(56)68)75-53-29-38(27-51(73-49)58(53)66)34-62-42-11-19-46(20-12-42)70-6-2/h9-32,61-68H,5-8,33-36H2,1-4H3. The Morgan fingerprint density at radius 2 is 0.461 bits per heavy atom. The SMILES string of the molecule is CCOc1ccc(NCc2cc3c(O)c(c2)Sc2cc(CNc4ccc(OCC)cc4)cc(c2O)Sc2cc(CNc4ccc(OCC)cc4)cc(c2O)Sc2cc(CNc4ccc(OCC)cc4)cc(c2O)S3)cc1. The van der Waals surface area contributed by atoms with E-state index in [0.29, 0.717) is 91.8 Å². The fourth-order valence-corrected chi connectivity index (χ4v) is 12.8. The quantitative estimate of drug-likeness (QED) is 0.0363. The van der Waals surface area contributed by atoms with E-state index in [2.05, 4.69) is 21.3 Å². The largest absolute Gasteiger partial charge is 0.506 e. The highest BCUT2D eigenvalue weighted by atomic mass is 32.2. The van der Waals surface area contributed by atoms with Crippen LogP contribution in [0.15, 0.2) is 185 Å². The van der Waals surface area contributed by atoms with E-state index < -0.39 is 0 Å². The third-order valence-electron chi connectivity index (χ3n) is 11.9. The fourth-order valence-electron chi connectivity index (χ4n) is 8.21. The monoisotopic (exact) mass is 1090 g/mol. The number of aromatic hydroxyl groups is 4. The summed E-state index contributed by atoms with van der Waals surface area (Å²) < 4.78 is 22.7. The molecule has 1 heterocycles. The molecule has 8 aromatic carbocycles. The first-order valence-electron chi connectivity index (χ1n) is 25.1. The number of hydrogen-bond donors (Lipinski definition) is 8. The van der Waals surface area contributed by atoms with Gasteiger partial charge in [0.25, 0.3) is 0 Å². The molecule has 76 heavy (non-hydrogen) atoms. The summed E-state index contributed by atoms with van der Waals surface area (Å²) in [6.45, 7) is 11.7. The lowest BCUT2D eigenvalue weighted by Gasteiger charge is -2.20. The highest BCUT2D eigenvalue weighted by Gasteiger charge is 2.24. The Kier molecular flexibility index (Phi) is 18.0. The molecule has 8 bridgehead atoms. The number of fused-ring (bicyclic) bond motifs is 8. The number of hydrogen-bond acceptors (Lipinski definition) is 16. The summed E-state index contributed by atoms with van der Waals surface area (Å²) >= 11 is 4.97. The predicted octanol–water partition coefficient (Wildman–Crippen LogP) is 15.5. The van der Waals surface area contributed by atoms with Crippen LogP contribution in [0.4, 0.5) is 22.7 Å². The van der Waals surface area contributed by atoms with Crippen molar-refractivity contribution in [2.45, 2.75) is 93.0 Å². The molecule has 0 spiro atoms. The number of benzene rings is 8. The van der Waals surface area contributed by atoms with Crippen LogP contribution in [0.2, 0.25) is 0 Å². The normalized spacial score (nSPS) is 11.8. The zero-order chi connectivity index (χ0) is 53.0. The summed E-state index contributed by atoms with van der Waals surface area (Å²) in [5.41, 5.74) is 6.96. The Morgan fingerprint density at radius 3 is 0.618 bits per heavy atom. The Hall–Kier alpha value is -7.24. The molecule has 8 aromatic rings. The maximum Gasteiger partial charge on any atom is 0.143 e. The number of phenolic OH excluding ortho intramolecular Hbond substituents is 4. The smallest absolute Gasteiger partial charge is 0.143 e. The molecule has 0 saturated carbocycles. The van der Waals surface area contributed by atoms with E-state index >= 15 is 0 Å². The molecule has 0 radical (unpaired) electrons. The molecule has 12 nitrogen and oxygen atoms in total. The van der Waals surface area contributed by atoms with Crippen molar-refractivity contribution < 1.29 is 39.4 Å². The molecule has 0 atom stereocenters. The van der Waals surface area contributed by atoms with Gasteiger partial charge in [0, 0.05) is 48.9 Å². The van der Waals surface area contributed by atoms with Crippen molar-refractivity contribution in [3.05, 3.63) is 168 Å². The van der Waals surface area contributed by atoms with Gasteiger partial charge in [-0.25, -0.2) is 0 Å². The van der Waals surface area contributed by atoms with Crippen molar-refractivity contribution in [1.29, 1.82) is 0 Å². The van der Waals surface area contributed by atoms with Gasteiger partial charge in [0.2, 0.25) is 0 Å². The zero-order valence-electron chi connectivity index (χ0n) is 42.6. The third kappa shape index (κ3) is 13.8. The summed E-state index contributed by atoms with van der Waals surface area (Å²) in [6.07, 6.45) is 0. The van der Waals surface area contributed by atoms with Crippen LogP contribution < -0.4 is 40.2 Å².